The number of halogens is 2. The molecule has 8 nitrogen and oxygen atoms in total. The van der Waals surface area contributed by atoms with Crippen molar-refractivity contribution in [1.82, 2.24) is 14.8 Å². The van der Waals surface area contributed by atoms with Crippen molar-refractivity contribution in [1.29, 1.82) is 0 Å². The van der Waals surface area contributed by atoms with Crippen LogP contribution in [-0.4, -0.2) is 42.6 Å². The van der Waals surface area contributed by atoms with E-state index in [2.05, 4.69) is 10.2 Å². The summed E-state index contributed by atoms with van der Waals surface area (Å²) < 4.78 is 43.4. The SMILES string of the molecule is COc1cc(-c2ccc(Cn3c(CC(CN)=C(F)F)n[nH]c3=O)s2)cc(OC)c1OC. The lowest BCUT2D eigenvalue weighted by atomic mass is 10.1. The van der Waals surface area contributed by atoms with Gasteiger partial charge in [0.05, 0.1) is 27.9 Å². The first kappa shape index (κ1) is 22.5. The molecule has 0 amide bonds. The summed E-state index contributed by atoms with van der Waals surface area (Å²) in [4.78, 5) is 13.9. The van der Waals surface area contributed by atoms with Crippen LogP contribution in [0, 0.1) is 0 Å². The minimum Gasteiger partial charge on any atom is -0.493 e. The van der Waals surface area contributed by atoms with E-state index in [1.807, 2.05) is 24.3 Å². The minimum absolute atomic E-state index is 0.186. The van der Waals surface area contributed by atoms with Crippen LogP contribution in [0.4, 0.5) is 8.78 Å². The number of aromatic amines is 1. The lowest BCUT2D eigenvalue weighted by Gasteiger charge is -2.13. The Morgan fingerprint density at radius 3 is 2.39 bits per heavy atom. The van der Waals surface area contributed by atoms with Gasteiger partial charge >= 0.3 is 5.69 Å². The lowest BCUT2D eigenvalue weighted by molar-refractivity contribution is 0.324. The van der Waals surface area contributed by atoms with Gasteiger partial charge in [-0.05, 0) is 29.8 Å². The number of hydrogen-bond acceptors (Lipinski definition) is 7. The van der Waals surface area contributed by atoms with Crippen molar-refractivity contribution < 1.29 is 23.0 Å². The Bertz CT molecular complexity index is 1120. The third-order valence-corrected chi connectivity index (χ3v) is 5.77. The number of nitrogens with two attached hydrogens (primary N) is 1. The number of rotatable bonds is 9. The van der Waals surface area contributed by atoms with Crippen molar-refractivity contribution in [3.8, 4) is 27.7 Å². The van der Waals surface area contributed by atoms with E-state index >= 15 is 0 Å². The number of thiophene rings is 1. The maximum absolute atomic E-state index is 13.0. The molecule has 11 heteroatoms. The fraction of sp³-hybridized carbons (Fsp3) is 0.300. The summed E-state index contributed by atoms with van der Waals surface area (Å²) in [5.74, 6) is 1.73. The van der Waals surface area contributed by atoms with Gasteiger partial charge < -0.3 is 19.9 Å². The molecule has 0 spiro atoms. The van der Waals surface area contributed by atoms with Crippen LogP contribution in [-0.2, 0) is 13.0 Å². The minimum atomic E-state index is -1.86. The van der Waals surface area contributed by atoms with Crippen molar-refractivity contribution in [3.63, 3.8) is 0 Å². The fourth-order valence-electron chi connectivity index (χ4n) is 3.05. The molecule has 0 aliphatic heterocycles. The van der Waals surface area contributed by atoms with Crippen molar-refractivity contribution >= 4 is 11.3 Å². The second kappa shape index (κ2) is 9.75. The normalized spacial score (nSPS) is 10.8. The Hall–Kier alpha value is -3.18. The zero-order chi connectivity index (χ0) is 22.5. The van der Waals surface area contributed by atoms with E-state index in [0.29, 0.717) is 17.2 Å². The average molecular weight is 452 g/mol. The third kappa shape index (κ3) is 4.78. The number of hydrogen-bond donors (Lipinski definition) is 2. The number of benzene rings is 1. The highest BCUT2D eigenvalue weighted by Crippen LogP contribution is 2.42. The highest BCUT2D eigenvalue weighted by Gasteiger charge is 2.17. The van der Waals surface area contributed by atoms with Crippen LogP contribution in [0.25, 0.3) is 10.4 Å². The molecule has 2 heterocycles. The number of ether oxygens (including phenoxy) is 3. The van der Waals surface area contributed by atoms with Crippen molar-refractivity contribution in [2.45, 2.75) is 13.0 Å². The van der Waals surface area contributed by atoms with Gasteiger partial charge in [-0.2, -0.15) is 13.9 Å². The molecule has 0 aliphatic carbocycles. The Kier molecular flexibility index (Phi) is 7.08. The molecular weight excluding hydrogens is 430 g/mol. The van der Waals surface area contributed by atoms with E-state index in [1.165, 1.54) is 37.2 Å². The number of nitrogens with one attached hydrogen (secondary N) is 1. The molecule has 0 bridgehead atoms. The van der Waals surface area contributed by atoms with E-state index in [4.69, 9.17) is 19.9 Å². The number of nitrogens with zero attached hydrogens (tertiary/aromatic N) is 2. The molecular formula is C20H22F2N4O4S. The third-order valence-electron chi connectivity index (χ3n) is 4.65. The molecule has 2 aromatic heterocycles. The van der Waals surface area contributed by atoms with Crippen LogP contribution in [0.3, 0.4) is 0 Å². The van der Waals surface area contributed by atoms with E-state index in [-0.39, 0.29) is 30.9 Å². The second-order valence-corrected chi connectivity index (χ2v) is 7.62. The van der Waals surface area contributed by atoms with Crippen molar-refractivity contribution in [2.24, 2.45) is 5.73 Å². The summed E-state index contributed by atoms with van der Waals surface area (Å²) in [7, 11) is 4.61. The summed E-state index contributed by atoms with van der Waals surface area (Å²) in [6.45, 7) is -0.126. The Labute approximate surface area is 180 Å². The molecule has 3 rings (SSSR count). The maximum Gasteiger partial charge on any atom is 0.343 e. The number of aromatic nitrogens is 3. The van der Waals surface area contributed by atoms with Crippen LogP contribution in [0.1, 0.15) is 10.7 Å². The highest BCUT2D eigenvalue weighted by molar-refractivity contribution is 7.15. The zero-order valence-corrected chi connectivity index (χ0v) is 18.0. The summed E-state index contributed by atoms with van der Waals surface area (Å²) in [5.41, 5.74) is 5.48. The Morgan fingerprint density at radius 2 is 1.84 bits per heavy atom. The summed E-state index contributed by atoms with van der Waals surface area (Å²) in [6.07, 6.45) is -2.06. The van der Waals surface area contributed by atoms with E-state index in [0.717, 1.165) is 15.3 Å². The molecule has 0 radical (unpaired) electrons. The van der Waals surface area contributed by atoms with Crippen LogP contribution in [0.5, 0.6) is 17.2 Å². The quantitative estimate of drug-likeness (QED) is 0.517. The molecule has 0 saturated carbocycles. The lowest BCUT2D eigenvalue weighted by Crippen LogP contribution is -2.20. The molecule has 31 heavy (non-hydrogen) atoms. The van der Waals surface area contributed by atoms with Gasteiger partial charge in [0.1, 0.15) is 5.82 Å². The molecule has 0 aliphatic rings. The van der Waals surface area contributed by atoms with E-state index in [1.54, 1.807) is 0 Å². The van der Waals surface area contributed by atoms with Gasteiger partial charge in [0.2, 0.25) is 5.75 Å². The Balaban J connectivity index is 1.91. The molecule has 3 N–H and O–H groups in total. The zero-order valence-electron chi connectivity index (χ0n) is 17.2. The van der Waals surface area contributed by atoms with Gasteiger partial charge in [-0.15, -0.1) is 11.3 Å². The van der Waals surface area contributed by atoms with E-state index < -0.39 is 11.8 Å². The molecule has 0 unspecified atom stereocenters. The van der Waals surface area contributed by atoms with Crippen LogP contribution in [0.15, 0.2) is 40.7 Å². The highest BCUT2D eigenvalue weighted by atomic mass is 32.1. The first-order valence-corrected chi connectivity index (χ1v) is 9.99. The largest absolute Gasteiger partial charge is 0.493 e. The summed E-state index contributed by atoms with van der Waals surface area (Å²) >= 11 is 1.45. The fourth-order valence-corrected chi connectivity index (χ4v) is 4.04. The second-order valence-electron chi connectivity index (χ2n) is 6.46. The van der Waals surface area contributed by atoms with Gasteiger partial charge in [0.15, 0.2) is 11.5 Å². The van der Waals surface area contributed by atoms with Crippen LogP contribution >= 0.6 is 11.3 Å². The van der Waals surface area contributed by atoms with Gasteiger partial charge in [-0.25, -0.2) is 9.89 Å². The van der Waals surface area contributed by atoms with Crippen LogP contribution in [0.2, 0.25) is 0 Å². The monoisotopic (exact) mass is 452 g/mol. The number of H-pyrrole nitrogens is 1. The van der Waals surface area contributed by atoms with E-state index in [9.17, 15) is 13.6 Å². The molecule has 1 aromatic carbocycles. The standard InChI is InChI=1S/C20H22F2N4O4S/c1-28-14-6-11(7-15(29-2)18(14)30-3)16-5-4-13(31-16)10-26-17(24-25-20(26)27)8-12(9-23)19(21)22/h4-7H,8-10,23H2,1-3H3,(H,25,27). The Morgan fingerprint density at radius 1 is 1.16 bits per heavy atom. The molecule has 166 valence electrons. The predicted molar refractivity (Wildman–Crippen MR) is 113 cm³/mol. The van der Waals surface area contributed by atoms with Gasteiger partial charge in [-0.1, -0.05) is 0 Å². The molecule has 0 fully saturated rings. The predicted octanol–water partition coefficient (Wildman–Crippen LogP) is 3.03. The molecule has 0 atom stereocenters. The van der Waals surface area contributed by atoms with Crippen molar-refractivity contribution in [2.75, 3.05) is 27.9 Å². The van der Waals surface area contributed by atoms with Gasteiger partial charge in [0, 0.05) is 28.3 Å². The maximum atomic E-state index is 13.0. The van der Waals surface area contributed by atoms with Crippen LogP contribution < -0.4 is 25.6 Å². The molecule has 3 aromatic rings. The number of methoxy groups -OCH3 is 3. The molecule has 0 saturated heterocycles. The van der Waals surface area contributed by atoms with Crippen molar-refractivity contribution in [3.05, 3.63) is 57.1 Å². The average Bonchev–Trinajstić information content (AvgIpc) is 3.38. The first-order chi connectivity index (χ1) is 14.9. The van der Waals surface area contributed by atoms with Gasteiger partial charge in [0.25, 0.3) is 6.08 Å². The topological polar surface area (TPSA) is 104 Å². The smallest absolute Gasteiger partial charge is 0.343 e. The summed E-state index contributed by atoms with van der Waals surface area (Å²) in [5, 5.41) is 6.19. The van der Waals surface area contributed by atoms with Gasteiger partial charge in [-0.3, -0.25) is 4.57 Å². The summed E-state index contributed by atoms with van der Waals surface area (Å²) in [6, 6.07) is 7.42. The first-order valence-electron chi connectivity index (χ1n) is 9.18.